The second-order valence-corrected chi connectivity index (χ2v) is 2.35. The van der Waals surface area contributed by atoms with E-state index in [4.69, 9.17) is 0 Å². The molecule has 0 bridgehead atoms. The van der Waals surface area contributed by atoms with Gasteiger partial charge in [-0.25, -0.2) is 0 Å². The second-order valence-electron chi connectivity index (χ2n) is 2.35. The molecule has 1 fully saturated rings. The maximum absolute atomic E-state index is 10.1. The highest BCUT2D eigenvalue weighted by molar-refractivity contribution is 5.48. The van der Waals surface area contributed by atoms with Crippen molar-refractivity contribution >= 4 is 6.41 Å². The molecule has 0 aromatic rings. The Balaban J connectivity index is 2.32. The summed E-state index contributed by atoms with van der Waals surface area (Å²) >= 11 is 0. The summed E-state index contributed by atoms with van der Waals surface area (Å²) in [5.74, 6) is 0. The van der Waals surface area contributed by atoms with E-state index in [2.05, 4.69) is 5.32 Å². The second kappa shape index (κ2) is 2.82. The van der Waals surface area contributed by atoms with Crippen LogP contribution in [-0.4, -0.2) is 37.5 Å². The third-order valence-corrected chi connectivity index (χ3v) is 1.73. The Morgan fingerprint density at radius 1 is 1.78 bits per heavy atom. The van der Waals surface area contributed by atoms with E-state index >= 15 is 0 Å². The van der Waals surface area contributed by atoms with Crippen LogP contribution in [0.1, 0.15) is 6.42 Å². The van der Waals surface area contributed by atoms with E-state index in [1.165, 1.54) is 0 Å². The van der Waals surface area contributed by atoms with Gasteiger partial charge in [-0.1, -0.05) is 0 Å². The molecule has 1 N–H and O–H groups in total. The molecule has 1 aliphatic rings. The van der Waals surface area contributed by atoms with Gasteiger partial charge >= 0.3 is 6.41 Å². The molecule has 0 aromatic carbocycles. The quantitative estimate of drug-likeness (QED) is 0.500. The van der Waals surface area contributed by atoms with E-state index in [0.29, 0.717) is 6.04 Å². The Morgan fingerprint density at radius 2 is 2.56 bits per heavy atom. The summed E-state index contributed by atoms with van der Waals surface area (Å²) in [5.41, 5.74) is 0. The summed E-state index contributed by atoms with van der Waals surface area (Å²) < 4.78 is 0. The van der Waals surface area contributed by atoms with E-state index in [0.717, 1.165) is 19.5 Å². The van der Waals surface area contributed by atoms with Crippen molar-refractivity contribution in [2.24, 2.45) is 0 Å². The van der Waals surface area contributed by atoms with Crippen LogP contribution < -0.4 is 5.32 Å². The molecule has 3 nitrogen and oxygen atoms in total. The van der Waals surface area contributed by atoms with Gasteiger partial charge in [0.2, 0.25) is 0 Å². The molecular weight excluding hydrogens is 116 g/mol. The van der Waals surface area contributed by atoms with Gasteiger partial charge in [0.15, 0.2) is 0 Å². The van der Waals surface area contributed by atoms with Crippen molar-refractivity contribution in [2.75, 3.05) is 20.1 Å². The molecule has 51 valence electrons. The van der Waals surface area contributed by atoms with Crippen molar-refractivity contribution in [3.05, 3.63) is 0 Å². The molecule has 9 heavy (non-hydrogen) atoms. The van der Waals surface area contributed by atoms with Gasteiger partial charge in [-0.2, -0.15) is 0 Å². The van der Waals surface area contributed by atoms with Crippen LogP contribution >= 0.6 is 0 Å². The van der Waals surface area contributed by atoms with Crippen LogP contribution in [-0.2, 0) is 4.79 Å². The SMILES string of the molecule is CN([C]=O)C1CCNC1. The Bertz CT molecular complexity index is 99.2. The summed E-state index contributed by atoms with van der Waals surface area (Å²) in [5, 5.41) is 3.17. The minimum Gasteiger partial charge on any atom is -0.333 e. The fourth-order valence-corrected chi connectivity index (χ4v) is 1.04. The third kappa shape index (κ3) is 1.42. The lowest BCUT2D eigenvalue weighted by Gasteiger charge is -2.16. The first-order valence-corrected chi connectivity index (χ1v) is 3.16. The average Bonchev–Trinajstić information content (AvgIpc) is 2.37. The van der Waals surface area contributed by atoms with E-state index in [9.17, 15) is 4.79 Å². The molecule has 1 radical (unpaired) electrons. The van der Waals surface area contributed by atoms with Crippen LogP contribution in [0.4, 0.5) is 0 Å². The number of likely N-dealkylation sites (N-methyl/N-ethyl adjacent to an activating group) is 1. The summed E-state index contributed by atoms with van der Waals surface area (Å²) in [6.07, 6.45) is 2.91. The first kappa shape index (κ1) is 6.55. The number of hydrogen-bond acceptors (Lipinski definition) is 2. The van der Waals surface area contributed by atoms with E-state index < -0.39 is 0 Å². The molecule has 0 aromatic heterocycles. The first-order valence-electron chi connectivity index (χ1n) is 3.16. The highest BCUT2D eigenvalue weighted by atomic mass is 16.1. The molecule has 1 atom stereocenters. The fraction of sp³-hybridized carbons (Fsp3) is 0.833. The molecule has 0 saturated carbocycles. The summed E-state index contributed by atoms with van der Waals surface area (Å²) in [6.45, 7) is 1.95. The van der Waals surface area contributed by atoms with Gasteiger partial charge in [0, 0.05) is 19.6 Å². The molecule has 1 rings (SSSR count). The topological polar surface area (TPSA) is 32.3 Å². The molecule has 0 spiro atoms. The molecule has 1 amide bonds. The zero-order valence-corrected chi connectivity index (χ0v) is 5.55. The summed E-state index contributed by atoms with van der Waals surface area (Å²) in [7, 11) is 1.77. The van der Waals surface area contributed by atoms with Crippen LogP contribution in [0.2, 0.25) is 0 Å². The van der Waals surface area contributed by atoms with Crippen molar-refractivity contribution in [3.63, 3.8) is 0 Å². The monoisotopic (exact) mass is 127 g/mol. The molecule has 1 aliphatic heterocycles. The van der Waals surface area contributed by atoms with E-state index in [-0.39, 0.29) is 0 Å². The minimum atomic E-state index is 0.377. The Morgan fingerprint density at radius 3 is 3.00 bits per heavy atom. The molecule has 0 aliphatic carbocycles. The zero-order chi connectivity index (χ0) is 6.69. The number of nitrogens with zero attached hydrogens (tertiary/aromatic N) is 1. The highest BCUT2D eigenvalue weighted by Gasteiger charge is 2.17. The van der Waals surface area contributed by atoms with Gasteiger partial charge in [-0.15, -0.1) is 0 Å². The summed E-state index contributed by atoms with van der Waals surface area (Å²) in [4.78, 5) is 11.7. The maximum atomic E-state index is 10.1. The zero-order valence-electron chi connectivity index (χ0n) is 5.55. The van der Waals surface area contributed by atoms with Gasteiger partial charge in [0.05, 0.1) is 0 Å². The Hall–Kier alpha value is -0.570. The average molecular weight is 127 g/mol. The lowest BCUT2D eigenvalue weighted by molar-refractivity contribution is 0.358. The van der Waals surface area contributed by atoms with Gasteiger partial charge < -0.3 is 10.2 Å². The van der Waals surface area contributed by atoms with Crippen LogP contribution in [0.15, 0.2) is 0 Å². The Kier molecular flexibility index (Phi) is 2.05. The molecule has 1 unspecified atom stereocenters. The fourth-order valence-electron chi connectivity index (χ4n) is 1.04. The smallest absolute Gasteiger partial charge is 0.312 e. The highest BCUT2D eigenvalue weighted by Crippen LogP contribution is 2.02. The number of hydrogen-bond donors (Lipinski definition) is 1. The van der Waals surface area contributed by atoms with Crippen molar-refractivity contribution in [1.29, 1.82) is 0 Å². The Labute approximate surface area is 55.0 Å². The predicted octanol–water partition coefficient (Wildman–Crippen LogP) is -0.653. The standard InChI is InChI=1S/C6H11N2O/c1-8(5-9)6-2-3-7-4-6/h6-7H,2-4H2,1H3. The largest absolute Gasteiger partial charge is 0.333 e. The van der Waals surface area contributed by atoms with Gasteiger partial charge in [0.1, 0.15) is 0 Å². The number of nitrogens with one attached hydrogen (secondary N) is 1. The normalized spacial score (nSPS) is 26.1. The first-order chi connectivity index (χ1) is 4.34. The minimum absolute atomic E-state index is 0.377. The predicted molar refractivity (Wildman–Crippen MR) is 34.7 cm³/mol. The van der Waals surface area contributed by atoms with E-state index in [1.54, 1.807) is 11.9 Å². The lowest BCUT2D eigenvalue weighted by Crippen LogP contribution is -2.31. The van der Waals surface area contributed by atoms with Gasteiger partial charge in [0.25, 0.3) is 0 Å². The van der Waals surface area contributed by atoms with Gasteiger partial charge in [-0.3, -0.25) is 4.79 Å². The van der Waals surface area contributed by atoms with Crippen molar-refractivity contribution in [3.8, 4) is 0 Å². The molecular formula is C6H11N2O. The van der Waals surface area contributed by atoms with Crippen LogP contribution in [0.25, 0.3) is 0 Å². The van der Waals surface area contributed by atoms with Crippen molar-refractivity contribution in [2.45, 2.75) is 12.5 Å². The molecule has 1 saturated heterocycles. The number of amides is 1. The molecule has 1 heterocycles. The summed E-state index contributed by atoms with van der Waals surface area (Å²) in [6, 6.07) is 0.377. The van der Waals surface area contributed by atoms with Crippen LogP contribution in [0, 0.1) is 0 Å². The van der Waals surface area contributed by atoms with Crippen molar-refractivity contribution in [1.82, 2.24) is 10.2 Å². The molecule has 3 heteroatoms. The number of rotatable bonds is 2. The van der Waals surface area contributed by atoms with Crippen LogP contribution in [0.5, 0.6) is 0 Å². The van der Waals surface area contributed by atoms with Crippen LogP contribution in [0.3, 0.4) is 0 Å². The third-order valence-electron chi connectivity index (χ3n) is 1.73. The number of carbonyl (C=O) groups excluding carboxylic acids is 1. The van der Waals surface area contributed by atoms with Gasteiger partial charge in [-0.05, 0) is 13.0 Å². The van der Waals surface area contributed by atoms with Crippen molar-refractivity contribution < 1.29 is 4.79 Å². The maximum Gasteiger partial charge on any atom is 0.312 e. The van der Waals surface area contributed by atoms with E-state index in [1.807, 2.05) is 6.41 Å². The lowest BCUT2D eigenvalue weighted by atomic mass is 10.2.